The molecule has 0 spiro atoms. The molecule has 0 radical (unpaired) electrons. The highest BCUT2D eigenvalue weighted by Gasteiger charge is 2.35. The first-order chi connectivity index (χ1) is 7.70. The molecular formula is C12H16N2O2. The second-order valence-electron chi connectivity index (χ2n) is 4.27. The number of rotatable bonds is 5. The summed E-state index contributed by atoms with van der Waals surface area (Å²) in [7, 11) is 0. The highest BCUT2D eigenvalue weighted by molar-refractivity contribution is 5.86. The van der Waals surface area contributed by atoms with E-state index in [-0.39, 0.29) is 5.69 Å². The van der Waals surface area contributed by atoms with Crippen molar-refractivity contribution in [2.24, 2.45) is 5.92 Å². The van der Waals surface area contributed by atoms with Crippen LogP contribution in [0.4, 0.5) is 5.69 Å². The van der Waals surface area contributed by atoms with Crippen LogP contribution in [0.5, 0.6) is 0 Å². The Morgan fingerprint density at radius 3 is 3.19 bits per heavy atom. The van der Waals surface area contributed by atoms with Gasteiger partial charge in [-0.15, -0.1) is 0 Å². The molecular weight excluding hydrogens is 204 g/mol. The van der Waals surface area contributed by atoms with Crippen LogP contribution in [0.25, 0.3) is 0 Å². The largest absolute Gasteiger partial charge is 0.477 e. The lowest BCUT2D eigenvalue weighted by atomic mass is 10.2. The summed E-state index contributed by atoms with van der Waals surface area (Å²) in [6.07, 6.45) is 5.18. The van der Waals surface area contributed by atoms with Gasteiger partial charge >= 0.3 is 5.97 Å². The molecule has 1 aliphatic carbocycles. The van der Waals surface area contributed by atoms with Crippen LogP contribution in [-0.2, 0) is 0 Å². The molecule has 1 aromatic heterocycles. The maximum absolute atomic E-state index is 10.7. The molecule has 0 bridgehead atoms. The van der Waals surface area contributed by atoms with E-state index in [4.69, 9.17) is 5.11 Å². The molecule has 1 aromatic rings. The van der Waals surface area contributed by atoms with Crippen molar-refractivity contribution in [1.29, 1.82) is 0 Å². The van der Waals surface area contributed by atoms with E-state index < -0.39 is 5.97 Å². The Morgan fingerprint density at radius 1 is 1.69 bits per heavy atom. The van der Waals surface area contributed by atoms with E-state index in [1.807, 2.05) is 6.07 Å². The number of nitrogens with one attached hydrogen (secondary N) is 1. The number of carboxylic acids is 1. The number of anilines is 1. The molecule has 2 rings (SSSR count). The van der Waals surface area contributed by atoms with Crippen molar-refractivity contribution >= 4 is 11.7 Å². The van der Waals surface area contributed by atoms with Gasteiger partial charge in [0.05, 0.1) is 0 Å². The van der Waals surface area contributed by atoms with Crippen molar-refractivity contribution in [3.05, 3.63) is 24.0 Å². The van der Waals surface area contributed by atoms with E-state index in [1.165, 1.54) is 25.5 Å². The summed E-state index contributed by atoms with van der Waals surface area (Å²) in [5.41, 5.74) is 0.952. The van der Waals surface area contributed by atoms with Gasteiger partial charge in [0.2, 0.25) is 0 Å². The molecule has 2 N–H and O–H groups in total. The molecule has 0 saturated heterocycles. The quantitative estimate of drug-likeness (QED) is 0.799. The Morgan fingerprint density at radius 2 is 2.50 bits per heavy atom. The van der Waals surface area contributed by atoms with Crippen LogP contribution in [0.1, 0.15) is 36.7 Å². The number of nitrogens with zero attached hydrogens (tertiary/aromatic N) is 1. The van der Waals surface area contributed by atoms with E-state index >= 15 is 0 Å². The predicted molar refractivity (Wildman–Crippen MR) is 61.6 cm³/mol. The molecule has 4 nitrogen and oxygen atoms in total. The summed E-state index contributed by atoms with van der Waals surface area (Å²) in [6, 6.07) is 3.92. The van der Waals surface area contributed by atoms with Gasteiger partial charge in [-0.1, -0.05) is 13.3 Å². The molecule has 16 heavy (non-hydrogen) atoms. The van der Waals surface area contributed by atoms with Gasteiger partial charge in [0, 0.05) is 17.9 Å². The fourth-order valence-corrected chi connectivity index (χ4v) is 1.97. The monoisotopic (exact) mass is 220 g/mol. The van der Waals surface area contributed by atoms with E-state index in [0.29, 0.717) is 6.04 Å². The normalized spacial score (nSPS) is 22.8. The number of aromatic nitrogens is 1. The highest BCUT2D eigenvalue weighted by atomic mass is 16.4. The van der Waals surface area contributed by atoms with Gasteiger partial charge in [-0.05, 0) is 30.9 Å². The Labute approximate surface area is 94.7 Å². The number of hydrogen-bond acceptors (Lipinski definition) is 3. The summed E-state index contributed by atoms with van der Waals surface area (Å²) < 4.78 is 0. The molecule has 0 aliphatic heterocycles. The second-order valence-corrected chi connectivity index (χ2v) is 4.27. The summed E-state index contributed by atoms with van der Waals surface area (Å²) >= 11 is 0. The van der Waals surface area contributed by atoms with Gasteiger partial charge in [-0.2, -0.15) is 0 Å². The van der Waals surface area contributed by atoms with Crippen LogP contribution in [0.2, 0.25) is 0 Å². The van der Waals surface area contributed by atoms with Gasteiger partial charge in [0.25, 0.3) is 0 Å². The van der Waals surface area contributed by atoms with Crippen molar-refractivity contribution in [3.63, 3.8) is 0 Å². The number of hydrogen-bond donors (Lipinski definition) is 2. The zero-order valence-electron chi connectivity index (χ0n) is 9.31. The van der Waals surface area contributed by atoms with E-state index in [9.17, 15) is 4.79 Å². The van der Waals surface area contributed by atoms with E-state index in [0.717, 1.165) is 11.6 Å². The van der Waals surface area contributed by atoms with Crippen molar-refractivity contribution in [2.45, 2.75) is 32.2 Å². The van der Waals surface area contributed by atoms with Crippen molar-refractivity contribution in [2.75, 3.05) is 5.32 Å². The van der Waals surface area contributed by atoms with E-state index in [1.54, 1.807) is 6.07 Å². The van der Waals surface area contributed by atoms with Crippen LogP contribution >= 0.6 is 0 Å². The first-order valence-electron chi connectivity index (χ1n) is 5.66. The van der Waals surface area contributed by atoms with Gasteiger partial charge in [-0.25, -0.2) is 9.78 Å². The average molecular weight is 220 g/mol. The SMILES string of the molecule is CCCC1CC1Nc1ccnc(C(=O)O)c1. The van der Waals surface area contributed by atoms with Crippen LogP contribution in [0.3, 0.4) is 0 Å². The lowest BCUT2D eigenvalue weighted by Crippen LogP contribution is -2.07. The Hall–Kier alpha value is -1.58. The smallest absolute Gasteiger partial charge is 0.354 e. The lowest BCUT2D eigenvalue weighted by molar-refractivity contribution is 0.0690. The van der Waals surface area contributed by atoms with Crippen LogP contribution in [0.15, 0.2) is 18.3 Å². The molecule has 1 fully saturated rings. The lowest BCUT2D eigenvalue weighted by Gasteiger charge is -2.05. The molecule has 1 heterocycles. The molecule has 0 aromatic carbocycles. The Balaban J connectivity index is 1.95. The van der Waals surface area contributed by atoms with Gasteiger partial charge in [-0.3, -0.25) is 0 Å². The third-order valence-electron chi connectivity index (χ3n) is 2.91. The van der Waals surface area contributed by atoms with Crippen molar-refractivity contribution < 1.29 is 9.90 Å². The third-order valence-corrected chi connectivity index (χ3v) is 2.91. The maximum atomic E-state index is 10.7. The summed E-state index contributed by atoms with van der Waals surface area (Å²) in [5.74, 6) is -0.226. The maximum Gasteiger partial charge on any atom is 0.354 e. The average Bonchev–Trinajstić information content (AvgIpc) is 2.97. The summed E-state index contributed by atoms with van der Waals surface area (Å²) in [5, 5.41) is 12.1. The van der Waals surface area contributed by atoms with Crippen LogP contribution in [-0.4, -0.2) is 22.1 Å². The molecule has 2 unspecified atom stereocenters. The highest BCUT2D eigenvalue weighted by Crippen LogP contribution is 2.37. The summed E-state index contributed by atoms with van der Waals surface area (Å²) in [4.78, 5) is 14.5. The zero-order valence-corrected chi connectivity index (χ0v) is 9.31. The van der Waals surface area contributed by atoms with Crippen molar-refractivity contribution in [1.82, 2.24) is 4.98 Å². The minimum absolute atomic E-state index is 0.0951. The van der Waals surface area contributed by atoms with Gasteiger partial charge in [0.1, 0.15) is 5.69 Å². The standard InChI is InChI=1S/C12H16N2O2/c1-2-3-8-6-10(8)14-9-4-5-13-11(7-9)12(15)16/h4-5,7-8,10H,2-3,6H2,1H3,(H,13,14)(H,15,16). The Bertz CT molecular complexity index is 392. The topological polar surface area (TPSA) is 62.2 Å². The molecule has 0 amide bonds. The minimum atomic E-state index is -0.982. The fraction of sp³-hybridized carbons (Fsp3) is 0.500. The molecule has 2 atom stereocenters. The van der Waals surface area contributed by atoms with Gasteiger partial charge in [0.15, 0.2) is 0 Å². The van der Waals surface area contributed by atoms with Gasteiger partial charge < -0.3 is 10.4 Å². The summed E-state index contributed by atoms with van der Waals surface area (Å²) in [6.45, 7) is 2.18. The second kappa shape index (κ2) is 4.51. The third kappa shape index (κ3) is 2.51. The molecule has 1 saturated carbocycles. The Kier molecular flexibility index (Phi) is 3.08. The zero-order chi connectivity index (χ0) is 11.5. The molecule has 86 valence electrons. The van der Waals surface area contributed by atoms with Crippen molar-refractivity contribution in [3.8, 4) is 0 Å². The van der Waals surface area contributed by atoms with Crippen LogP contribution < -0.4 is 5.32 Å². The first kappa shape index (κ1) is 10.9. The molecule has 1 aliphatic rings. The number of aromatic carboxylic acids is 1. The molecule has 4 heteroatoms. The first-order valence-corrected chi connectivity index (χ1v) is 5.66. The predicted octanol–water partition coefficient (Wildman–Crippen LogP) is 2.38. The number of carboxylic acid groups (broad SMARTS) is 1. The minimum Gasteiger partial charge on any atom is -0.477 e. The fourth-order valence-electron chi connectivity index (χ4n) is 1.97. The number of carbonyl (C=O) groups is 1. The van der Waals surface area contributed by atoms with Crippen LogP contribution in [0, 0.1) is 5.92 Å². The number of pyridine rings is 1. The van der Waals surface area contributed by atoms with E-state index in [2.05, 4.69) is 17.2 Å².